The summed E-state index contributed by atoms with van der Waals surface area (Å²) in [5.74, 6) is -0.0955. The Morgan fingerprint density at radius 3 is 2.24 bits per heavy atom. The fraction of sp³-hybridized carbons (Fsp3) is 0.800. The minimum absolute atomic E-state index is 0.0630. The highest BCUT2D eigenvalue weighted by Crippen LogP contribution is 2.19. The lowest BCUT2D eigenvalue weighted by Gasteiger charge is -2.22. The minimum atomic E-state index is -0.397. The van der Waals surface area contributed by atoms with Gasteiger partial charge in [0, 0.05) is 0 Å². The molecule has 2 heteroatoms. The van der Waals surface area contributed by atoms with Crippen LogP contribution in [0.2, 0.25) is 0 Å². The second-order valence-electron chi connectivity index (χ2n) is 5.52. The van der Waals surface area contributed by atoms with Gasteiger partial charge in [0.05, 0.1) is 5.41 Å². The van der Waals surface area contributed by atoms with Crippen LogP contribution in [0, 0.1) is 5.41 Å². The van der Waals surface area contributed by atoms with Crippen LogP contribution in [-0.2, 0) is 9.53 Å². The van der Waals surface area contributed by atoms with E-state index < -0.39 is 5.41 Å². The van der Waals surface area contributed by atoms with E-state index in [1.54, 1.807) is 0 Å². The van der Waals surface area contributed by atoms with E-state index in [-0.39, 0.29) is 12.1 Å². The molecule has 0 aliphatic carbocycles. The number of unbranched alkanes of at least 4 members (excludes halogenated alkanes) is 1. The average molecular weight is 240 g/mol. The van der Waals surface area contributed by atoms with Crippen LogP contribution >= 0.6 is 0 Å². The van der Waals surface area contributed by atoms with Crippen molar-refractivity contribution >= 4 is 5.97 Å². The van der Waals surface area contributed by atoms with Crippen LogP contribution in [0.15, 0.2) is 12.2 Å². The van der Waals surface area contributed by atoms with Crippen molar-refractivity contribution in [1.29, 1.82) is 0 Å². The van der Waals surface area contributed by atoms with Crippen LogP contribution in [0.25, 0.3) is 0 Å². The number of hydrogen-bond acceptors (Lipinski definition) is 2. The van der Waals surface area contributed by atoms with Crippen LogP contribution in [-0.4, -0.2) is 12.1 Å². The SMILES string of the molecule is CCCC=CCCC(CC)OC(=O)C(C)(C)C. The van der Waals surface area contributed by atoms with Gasteiger partial charge in [-0.2, -0.15) is 0 Å². The molecule has 0 bridgehead atoms. The van der Waals surface area contributed by atoms with Crippen molar-refractivity contribution in [1.82, 2.24) is 0 Å². The Balaban J connectivity index is 3.96. The lowest BCUT2D eigenvalue weighted by atomic mass is 9.97. The second kappa shape index (κ2) is 8.32. The van der Waals surface area contributed by atoms with Gasteiger partial charge in [-0.25, -0.2) is 0 Å². The van der Waals surface area contributed by atoms with Crippen LogP contribution < -0.4 is 0 Å². The molecule has 0 spiro atoms. The molecule has 0 aromatic carbocycles. The van der Waals surface area contributed by atoms with Gasteiger partial charge in [0.1, 0.15) is 6.10 Å². The Labute approximate surface area is 106 Å². The van der Waals surface area contributed by atoms with Crippen molar-refractivity contribution in [3.05, 3.63) is 12.2 Å². The first kappa shape index (κ1) is 16.2. The van der Waals surface area contributed by atoms with E-state index in [9.17, 15) is 4.79 Å². The van der Waals surface area contributed by atoms with Crippen LogP contribution in [0.1, 0.15) is 66.7 Å². The Morgan fingerprint density at radius 1 is 1.18 bits per heavy atom. The molecule has 0 heterocycles. The molecule has 0 amide bonds. The molecular formula is C15H28O2. The van der Waals surface area contributed by atoms with Crippen molar-refractivity contribution in [3.8, 4) is 0 Å². The summed E-state index contributed by atoms with van der Waals surface area (Å²) >= 11 is 0. The Hall–Kier alpha value is -0.790. The van der Waals surface area contributed by atoms with E-state index in [2.05, 4.69) is 26.0 Å². The highest BCUT2D eigenvalue weighted by atomic mass is 16.5. The van der Waals surface area contributed by atoms with Crippen LogP contribution in [0.5, 0.6) is 0 Å². The van der Waals surface area contributed by atoms with Gasteiger partial charge in [-0.1, -0.05) is 32.4 Å². The zero-order chi connectivity index (χ0) is 13.3. The van der Waals surface area contributed by atoms with Crippen molar-refractivity contribution in [2.45, 2.75) is 72.8 Å². The molecule has 0 aliphatic rings. The predicted octanol–water partition coefficient (Wildman–Crippen LogP) is 4.49. The number of esters is 1. The third-order valence-corrected chi connectivity index (χ3v) is 2.62. The molecular weight excluding hydrogens is 212 g/mol. The van der Waals surface area contributed by atoms with E-state index in [0.717, 1.165) is 25.7 Å². The number of hydrogen-bond donors (Lipinski definition) is 0. The summed E-state index contributed by atoms with van der Waals surface area (Å²) in [6, 6.07) is 0. The Morgan fingerprint density at radius 2 is 1.76 bits per heavy atom. The predicted molar refractivity (Wildman–Crippen MR) is 72.9 cm³/mol. The van der Waals surface area contributed by atoms with Crippen molar-refractivity contribution in [2.75, 3.05) is 0 Å². The molecule has 1 unspecified atom stereocenters. The first-order chi connectivity index (χ1) is 7.91. The van der Waals surface area contributed by atoms with Crippen molar-refractivity contribution < 1.29 is 9.53 Å². The molecule has 0 saturated carbocycles. The van der Waals surface area contributed by atoms with E-state index in [0.29, 0.717) is 0 Å². The summed E-state index contributed by atoms with van der Waals surface area (Å²) in [6.07, 6.45) is 9.60. The van der Waals surface area contributed by atoms with Gasteiger partial charge >= 0.3 is 5.97 Å². The number of rotatable bonds is 7. The molecule has 0 aromatic heterocycles. The summed E-state index contributed by atoms with van der Waals surface area (Å²) in [5, 5.41) is 0. The monoisotopic (exact) mass is 240 g/mol. The molecule has 2 nitrogen and oxygen atoms in total. The maximum atomic E-state index is 11.7. The summed E-state index contributed by atoms with van der Waals surface area (Å²) in [6.45, 7) is 9.91. The third-order valence-electron chi connectivity index (χ3n) is 2.62. The number of allylic oxidation sites excluding steroid dienone is 2. The van der Waals surface area contributed by atoms with Gasteiger partial charge in [0.2, 0.25) is 0 Å². The van der Waals surface area contributed by atoms with Crippen molar-refractivity contribution in [3.63, 3.8) is 0 Å². The van der Waals surface area contributed by atoms with Crippen LogP contribution in [0.4, 0.5) is 0 Å². The summed E-state index contributed by atoms with van der Waals surface area (Å²) < 4.78 is 5.50. The lowest BCUT2D eigenvalue weighted by molar-refractivity contribution is -0.159. The zero-order valence-electron chi connectivity index (χ0n) is 12.1. The van der Waals surface area contributed by atoms with Gasteiger partial charge in [-0.05, 0) is 46.5 Å². The van der Waals surface area contributed by atoms with E-state index in [1.807, 2.05) is 20.8 Å². The summed E-state index contributed by atoms with van der Waals surface area (Å²) in [5.41, 5.74) is -0.397. The standard InChI is InChI=1S/C15H28O2/c1-6-8-9-10-11-12-13(7-2)17-14(16)15(3,4)5/h9-10,13H,6-8,11-12H2,1-5H3. The summed E-state index contributed by atoms with van der Waals surface area (Å²) in [4.78, 5) is 11.7. The molecule has 17 heavy (non-hydrogen) atoms. The van der Waals surface area contributed by atoms with Gasteiger partial charge < -0.3 is 4.74 Å². The third kappa shape index (κ3) is 8.00. The lowest BCUT2D eigenvalue weighted by Crippen LogP contribution is -2.27. The highest BCUT2D eigenvalue weighted by molar-refractivity contribution is 5.75. The molecule has 0 radical (unpaired) electrons. The first-order valence-corrected chi connectivity index (χ1v) is 6.77. The first-order valence-electron chi connectivity index (χ1n) is 6.77. The molecule has 0 aliphatic heterocycles. The molecule has 100 valence electrons. The maximum Gasteiger partial charge on any atom is 0.311 e. The number of carbonyl (C=O) groups is 1. The zero-order valence-corrected chi connectivity index (χ0v) is 12.1. The molecule has 0 saturated heterocycles. The molecule has 0 rings (SSSR count). The Bertz CT molecular complexity index is 236. The van der Waals surface area contributed by atoms with Crippen LogP contribution in [0.3, 0.4) is 0 Å². The topological polar surface area (TPSA) is 26.3 Å². The van der Waals surface area contributed by atoms with Gasteiger partial charge in [0.15, 0.2) is 0 Å². The smallest absolute Gasteiger partial charge is 0.311 e. The van der Waals surface area contributed by atoms with E-state index in [4.69, 9.17) is 4.74 Å². The second-order valence-corrected chi connectivity index (χ2v) is 5.52. The molecule has 0 aromatic rings. The normalized spacial score (nSPS) is 13.9. The number of carbonyl (C=O) groups excluding carboxylic acids is 1. The average Bonchev–Trinajstić information content (AvgIpc) is 2.25. The molecule has 0 N–H and O–H groups in total. The largest absolute Gasteiger partial charge is 0.462 e. The fourth-order valence-corrected chi connectivity index (χ4v) is 1.36. The highest BCUT2D eigenvalue weighted by Gasteiger charge is 2.25. The molecule has 0 fully saturated rings. The molecule has 1 atom stereocenters. The van der Waals surface area contributed by atoms with Gasteiger partial charge in [0.25, 0.3) is 0 Å². The van der Waals surface area contributed by atoms with Crippen molar-refractivity contribution in [2.24, 2.45) is 5.41 Å². The number of ether oxygens (including phenoxy) is 1. The minimum Gasteiger partial charge on any atom is -0.462 e. The Kier molecular flexibility index (Phi) is 7.94. The quantitative estimate of drug-likeness (QED) is 0.484. The summed E-state index contributed by atoms with van der Waals surface area (Å²) in [7, 11) is 0. The van der Waals surface area contributed by atoms with Gasteiger partial charge in [-0.15, -0.1) is 0 Å². The maximum absolute atomic E-state index is 11.7. The van der Waals surface area contributed by atoms with E-state index in [1.165, 1.54) is 6.42 Å². The fourth-order valence-electron chi connectivity index (χ4n) is 1.36. The van der Waals surface area contributed by atoms with E-state index >= 15 is 0 Å². The van der Waals surface area contributed by atoms with Gasteiger partial charge in [-0.3, -0.25) is 4.79 Å².